The number of carbonyl (C=O) groups excluding carboxylic acids is 4. The highest BCUT2D eigenvalue weighted by atomic mass is 31.2. The maximum Gasteiger partial charge on any atom is 0.472 e. The molecule has 0 radical (unpaired) electrons. The molecule has 5 atom stereocenters. The van der Waals surface area contributed by atoms with Gasteiger partial charge in [-0.15, -0.1) is 0 Å². The van der Waals surface area contributed by atoms with Crippen molar-refractivity contribution in [1.29, 1.82) is 0 Å². The van der Waals surface area contributed by atoms with E-state index < -0.39 is 97.5 Å². The van der Waals surface area contributed by atoms with Crippen LogP contribution in [0.3, 0.4) is 0 Å². The van der Waals surface area contributed by atoms with Gasteiger partial charge in [-0.3, -0.25) is 37.3 Å². The molecule has 0 rings (SSSR count). The fourth-order valence-corrected chi connectivity index (χ4v) is 12.4. The van der Waals surface area contributed by atoms with Crippen molar-refractivity contribution in [1.82, 2.24) is 0 Å². The molecule has 0 heterocycles. The third kappa shape index (κ3) is 82.2. The highest BCUT2D eigenvalue weighted by Crippen LogP contribution is 2.45. The van der Waals surface area contributed by atoms with E-state index in [2.05, 4.69) is 161 Å². The summed E-state index contributed by atoms with van der Waals surface area (Å²) in [6, 6.07) is 0. The van der Waals surface area contributed by atoms with Crippen LogP contribution in [0.25, 0.3) is 0 Å². The Labute approximate surface area is 679 Å². The van der Waals surface area contributed by atoms with Gasteiger partial charge in [0, 0.05) is 25.7 Å². The summed E-state index contributed by atoms with van der Waals surface area (Å²) in [6.07, 6.45) is 102. The van der Waals surface area contributed by atoms with Crippen molar-refractivity contribution in [3.63, 3.8) is 0 Å². The predicted octanol–water partition coefficient (Wildman–Crippen LogP) is 25.9. The van der Waals surface area contributed by atoms with Crippen LogP contribution in [-0.2, 0) is 65.4 Å². The summed E-state index contributed by atoms with van der Waals surface area (Å²) < 4.78 is 68.5. The van der Waals surface area contributed by atoms with E-state index in [1.165, 1.54) is 122 Å². The number of phosphoric ester groups is 2. The minimum atomic E-state index is -5.03. The van der Waals surface area contributed by atoms with Gasteiger partial charge < -0.3 is 33.8 Å². The van der Waals surface area contributed by atoms with Gasteiger partial charge in [0.1, 0.15) is 19.3 Å². The zero-order valence-electron chi connectivity index (χ0n) is 69.8. The highest BCUT2D eigenvalue weighted by Gasteiger charge is 2.30. The average Bonchev–Trinajstić information content (AvgIpc) is 0.898. The van der Waals surface area contributed by atoms with Gasteiger partial charge in [-0.05, 0) is 141 Å². The molecule has 19 heteroatoms. The van der Waals surface area contributed by atoms with E-state index in [-0.39, 0.29) is 25.7 Å². The molecule has 0 aliphatic rings. The lowest BCUT2D eigenvalue weighted by atomic mass is 10.0. The van der Waals surface area contributed by atoms with Crippen LogP contribution in [0.5, 0.6) is 0 Å². The van der Waals surface area contributed by atoms with Crippen molar-refractivity contribution >= 4 is 39.5 Å². The Bertz CT molecular complexity index is 2840. The number of carbonyl (C=O) groups is 4. The Morgan fingerprint density at radius 1 is 0.250 bits per heavy atom. The Balaban J connectivity index is 5.58. The van der Waals surface area contributed by atoms with Crippen molar-refractivity contribution in [2.45, 2.75) is 341 Å². The molecule has 0 aliphatic carbocycles. The number of ether oxygens (including phenoxy) is 4. The molecule has 0 bridgehead atoms. The molecular formula is C93H152O17P2. The van der Waals surface area contributed by atoms with Gasteiger partial charge in [0.25, 0.3) is 0 Å². The van der Waals surface area contributed by atoms with Crippen molar-refractivity contribution in [3.05, 3.63) is 182 Å². The first-order valence-electron chi connectivity index (χ1n) is 43.0. The normalized spacial score (nSPS) is 14.7. The second kappa shape index (κ2) is 83.1. The fraction of sp³-hybridized carbons (Fsp3) is 0.634. The Kier molecular flexibility index (Phi) is 78.8. The molecule has 112 heavy (non-hydrogen) atoms. The van der Waals surface area contributed by atoms with E-state index in [1.807, 2.05) is 48.6 Å². The summed E-state index contributed by atoms with van der Waals surface area (Å²) in [5.41, 5.74) is 0. The number of rotatable bonds is 79. The van der Waals surface area contributed by atoms with Crippen LogP contribution in [0.2, 0.25) is 0 Å². The lowest BCUT2D eigenvalue weighted by Gasteiger charge is -2.21. The van der Waals surface area contributed by atoms with Crippen LogP contribution < -0.4 is 0 Å². The number of allylic oxidation sites excluding steroid dienone is 30. The first kappa shape index (κ1) is 106. The number of aliphatic hydroxyl groups is 1. The van der Waals surface area contributed by atoms with E-state index >= 15 is 0 Å². The molecule has 17 nitrogen and oxygen atoms in total. The lowest BCUT2D eigenvalue weighted by molar-refractivity contribution is -0.161. The van der Waals surface area contributed by atoms with Crippen molar-refractivity contribution in [3.8, 4) is 0 Å². The standard InChI is InChI=1S/C93H152O17P2/c1-5-9-13-17-21-25-29-33-37-40-43-46-50-53-57-61-65-69-73-77-90(95)103-83-88(109-92(97)79-75-71-67-63-59-55-49-36-32-28-24-20-16-12-8-4)85-107-111(99,100)105-81-87(94)82-106-112(101,102)108-86-89(110-93(98)80-76-72-68-64-60-56-52-48-45-42-39-35-31-27-23-19-15-11-7-3)84-104-91(96)78-74-70-66-62-58-54-51-47-44-41-38-34-30-26-22-18-14-10-6-2/h21-23,25-27,33-35,37-39,43-48,53-54,56-58,60,65-66,68-70,72,87-89,94H,5-20,24,28-32,36,40-42,49-52,55,59,61-64,67,71,73-86H2,1-4H3,(H,99,100)(H,101,102)/b25-21-,26-22-,27-23-,37-33-,38-34-,39-35-,46-43-,47-44-,48-45-,57-53-,58-54-,60-56-,69-65-,70-66-,72-68-/t87-,88+,89+/m0/s1. The van der Waals surface area contributed by atoms with Gasteiger partial charge in [0.05, 0.1) is 26.4 Å². The summed E-state index contributed by atoms with van der Waals surface area (Å²) >= 11 is 0. The molecule has 0 saturated carbocycles. The van der Waals surface area contributed by atoms with Crippen LogP contribution in [0.1, 0.15) is 323 Å². The topological polar surface area (TPSA) is 237 Å². The van der Waals surface area contributed by atoms with Crippen LogP contribution in [0.4, 0.5) is 0 Å². The van der Waals surface area contributed by atoms with Crippen LogP contribution in [0.15, 0.2) is 182 Å². The van der Waals surface area contributed by atoms with E-state index in [9.17, 15) is 43.2 Å². The van der Waals surface area contributed by atoms with Crippen LogP contribution in [0, 0.1) is 0 Å². The quantitative estimate of drug-likeness (QED) is 0.0169. The fourth-order valence-electron chi connectivity index (χ4n) is 10.8. The summed E-state index contributed by atoms with van der Waals surface area (Å²) in [6.45, 7) is 4.55. The second-order valence-corrected chi connectivity index (χ2v) is 31.0. The largest absolute Gasteiger partial charge is 0.472 e. The summed E-state index contributed by atoms with van der Waals surface area (Å²) in [5.74, 6) is -2.47. The Morgan fingerprint density at radius 2 is 0.455 bits per heavy atom. The maximum atomic E-state index is 13.1. The Morgan fingerprint density at radius 3 is 0.723 bits per heavy atom. The summed E-state index contributed by atoms with van der Waals surface area (Å²) in [7, 11) is -10.0. The zero-order valence-corrected chi connectivity index (χ0v) is 71.6. The molecular weight excluding hydrogens is 1450 g/mol. The number of aliphatic hydroxyl groups excluding tert-OH is 1. The van der Waals surface area contributed by atoms with E-state index in [4.69, 9.17) is 37.0 Å². The minimum absolute atomic E-state index is 0.0147. The number of hydrogen-bond acceptors (Lipinski definition) is 15. The van der Waals surface area contributed by atoms with Gasteiger partial charge in [0.2, 0.25) is 0 Å². The summed E-state index contributed by atoms with van der Waals surface area (Å²) in [4.78, 5) is 73.2. The SMILES string of the molecule is CCCCC/C=C\C/C=C\C/C=C\C/C=C\C/C=C\CCC(=O)OC[C@H](COP(=O)(O)OC[C@@H](O)COP(=O)(O)OC[C@@H](COC(=O)CC/C=C\C/C=C\C/C=C\C/C=C\C/C=C\CCCCC)OC(=O)CCCCCCCCCCCCCCCCC)OC(=O)CC/C=C\C/C=C\C/C=C\C/C=C\C/C=C\CCCCC. The Hall–Kier alpha value is -5.84. The molecule has 0 aromatic heterocycles. The number of unbranched alkanes of at least 4 members (excludes halogenated alkanes) is 23. The average molecular weight is 1600 g/mol. The first-order valence-corrected chi connectivity index (χ1v) is 46.0. The maximum absolute atomic E-state index is 13.1. The molecule has 0 aliphatic heterocycles. The molecule has 0 saturated heterocycles. The minimum Gasteiger partial charge on any atom is -0.462 e. The molecule has 0 fully saturated rings. The number of esters is 4. The van der Waals surface area contributed by atoms with Crippen molar-refractivity contribution in [2.24, 2.45) is 0 Å². The van der Waals surface area contributed by atoms with Gasteiger partial charge in [-0.2, -0.15) is 0 Å². The summed E-state index contributed by atoms with van der Waals surface area (Å²) in [5, 5.41) is 10.7. The van der Waals surface area contributed by atoms with Crippen molar-refractivity contribution in [2.75, 3.05) is 39.6 Å². The molecule has 636 valence electrons. The molecule has 0 aromatic carbocycles. The van der Waals surface area contributed by atoms with Crippen LogP contribution >= 0.6 is 15.6 Å². The van der Waals surface area contributed by atoms with Gasteiger partial charge >= 0.3 is 39.5 Å². The smallest absolute Gasteiger partial charge is 0.462 e. The van der Waals surface area contributed by atoms with E-state index in [1.54, 1.807) is 0 Å². The second-order valence-electron chi connectivity index (χ2n) is 28.1. The third-order valence-corrected chi connectivity index (χ3v) is 19.3. The first-order chi connectivity index (χ1) is 54.7. The molecule has 0 amide bonds. The third-order valence-electron chi connectivity index (χ3n) is 17.4. The van der Waals surface area contributed by atoms with Crippen molar-refractivity contribution < 1.29 is 80.2 Å². The zero-order chi connectivity index (χ0) is 81.7. The van der Waals surface area contributed by atoms with Crippen LogP contribution in [-0.4, -0.2) is 96.7 Å². The van der Waals surface area contributed by atoms with Gasteiger partial charge in [0.15, 0.2) is 12.2 Å². The molecule has 3 N–H and O–H groups in total. The predicted molar refractivity (Wildman–Crippen MR) is 463 cm³/mol. The van der Waals surface area contributed by atoms with E-state index in [0.717, 1.165) is 103 Å². The monoisotopic (exact) mass is 1600 g/mol. The number of phosphoric acid groups is 2. The van der Waals surface area contributed by atoms with Gasteiger partial charge in [-0.1, -0.05) is 338 Å². The number of hydrogen-bond donors (Lipinski definition) is 3. The lowest BCUT2D eigenvalue weighted by Crippen LogP contribution is -2.30. The van der Waals surface area contributed by atoms with Gasteiger partial charge in [-0.25, -0.2) is 9.13 Å². The highest BCUT2D eigenvalue weighted by molar-refractivity contribution is 7.47. The van der Waals surface area contributed by atoms with E-state index in [0.29, 0.717) is 44.9 Å². The molecule has 0 aromatic rings. The molecule has 0 spiro atoms. The molecule has 2 unspecified atom stereocenters.